The van der Waals surface area contributed by atoms with Gasteiger partial charge in [0.05, 0.1) is 15.7 Å². The van der Waals surface area contributed by atoms with Crippen molar-refractivity contribution in [3.8, 4) is 11.3 Å². The molecule has 6 nitrogen and oxygen atoms in total. The molecular weight excluding hydrogens is 377 g/mol. The summed E-state index contributed by atoms with van der Waals surface area (Å²) in [5, 5.41) is 21.3. The number of nitrogens with zero attached hydrogens (tertiary/aromatic N) is 3. The van der Waals surface area contributed by atoms with Crippen molar-refractivity contribution in [3.63, 3.8) is 0 Å². The van der Waals surface area contributed by atoms with Crippen LogP contribution in [0.2, 0.25) is 10.0 Å². The third-order valence-corrected chi connectivity index (χ3v) is 4.46. The predicted octanol–water partition coefficient (Wildman–Crippen LogP) is 3.56. The molecule has 1 amide bonds. The van der Waals surface area contributed by atoms with Crippen molar-refractivity contribution >= 4 is 34.8 Å². The summed E-state index contributed by atoms with van der Waals surface area (Å²) in [6.07, 6.45) is -3.60. The fourth-order valence-corrected chi connectivity index (χ4v) is 2.78. The van der Waals surface area contributed by atoms with E-state index in [0.29, 0.717) is 26.3 Å². The smallest absolute Gasteiger partial charge is 0.294 e. The van der Waals surface area contributed by atoms with Gasteiger partial charge >= 0.3 is 0 Å². The molecule has 0 radical (unpaired) electrons. The van der Waals surface area contributed by atoms with Crippen LogP contribution in [0.25, 0.3) is 11.3 Å². The van der Waals surface area contributed by atoms with Crippen LogP contribution in [0.5, 0.6) is 0 Å². The third-order valence-electron chi connectivity index (χ3n) is 3.72. The topological polar surface area (TPSA) is 81.6 Å². The Morgan fingerprint density at radius 3 is 2.72 bits per heavy atom. The summed E-state index contributed by atoms with van der Waals surface area (Å²) in [5.74, 6) is -0.918. The highest BCUT2D eigenvalue weighted by atomic mass is 35.5. The molecule has 132 valence electrons. The van der Waals surface area contributed by atoms with Crippen molar-refractivity contribution in [1.29, 1.82) is 0 Å². The maximum absolute atomic E-state index is 13.2. The van der Waals surface area contributed by atoms with Crippen LogP contribution >= 0.6 is 23.2 Å². The summed E-state index contributed by atoms with van der Waals surface area (Å²) in [6.45, 7) is 1.45. The molecule has 0 fully saturated rings. The second-order valence-electron chi connectivity index (χ2n) is 5.60. The molecule has 0 aliphatic carbocycles. The SMILES string of the molecule is CC1=NN(C(=O)c2cc(-c3ccc(Cl)c(Cl)c3)n[nH]2)C(O)(C(F)F)C1. The zero-order valence-electron chi connectivity index (χ0n) is 12.8. The lowest BCUT2D eigenvalue weighted by molar-refractivity contribution is -0.164. The molecule has 0 saturated heterocycles. The molecule has 1 aromatic heterocycles. The van der Waals surface area contributed by atoms with Crippen molar-refractivity contribution in [2.75, 3.05) is 0 Å². The summed E-state index contributed by atoms with van der Waals surface area (Å²) < 4.78 is 26.4. The second kappa shape index (κ2) is 6.36. The van der Waals surface area contributed by atoms with Crippen LogP contribution in [0.1, 0.15) is 23.8 Å². The fraction of sp³-hybridized carbons (Fsp3) is 0.267. The van der Waals surface area contributed by atoms with Gasteiger partial charge in [-0.2, -0.15) is 15.2 Å². The third kappa shape index (κ3) is 3.12. The van der Waals surface area contributed by atoms with Gasteiger partial charge in [0.1, 0.15) is 5.69 Å². The summed E-state index contributed by atoms with van der Waals surface area (Å²) >= 11 is 11.8. The highest BCUT2D eigenvalue weighted by Gasteiger charge is 2.51. The van der Waals surface area contributed by atoms with Crippen LogP contribution < -0.4 is 0 Å². The summed E-state index contributed by atoms with van der Waals surface area (Å²) in [5.41, 5.74) is -1.60. The van der Waals surface area contributed by atoms with Gasteiger partial charge in [0.2, 0.25) is 5.72 Å². The fourth-order valence-electron chi connectivity index (χ4n) is 2.48. The lowest BCUT2D eigenvalue weighted by Crippen LogP contribution is -2.51. The Labute approximate surface area is 151 Å². The van der Waals surface area contributed by atoms with E-state index in [1.165, 1.54) is 13.0 Å². The molecule has 1 atom stereocenters. The first kappa shape index (κ1) is 17.8. The number of alkyl halides is 2. The molecule has 2 aromatic rings. The van der Waals surface area contributed by atoms with Gasteiger partial charge in [0.25, 0.3) is 12.3 Å². The van der Waals surface area contributed by atoms with E-state index in [1.807, 2.05) is 0 Å². The number of aliphatic hydroxyl groups is 1. The summed E-state index contributed by atoms with van der Waals surface area (Å²) in [7, 11) is 0. The number of benzene rings is 1. The van der Waals surface area contributed by atoms with Crippen LogP contribution in [0.3, 0.4) is 0 Å². The monoisotopic (exact) mass is 388 g/mol. The Hall–Kier alpha value is -2.03. The van der Waals surface area contributed by atoms with E-state index in [2.05, 4.69) is 15.3 Å². The minimum atomic E-state index is -3.17. The largest absolute Gasteiger partial charge is 0.364 e. The minimum Gasteiger partial charge on any atom is -0.364 e. The van der Waals surface area contributed by atoms with E-state index in [0.717, 1.165) is 0 Å². The molecule has 1 aliphatic heterocycles. The van der Waals surface area contributed by atoms with Gasteiger partial charge < -0.3 is 5.11 Å². The summed E-state index contributed by atoms with van der Waals surface area (Å²) in [4.78, 5) is 12.5. The molecule has 0 bridgehead atoms. The molecule has 25 heavy (non-hydrogen) atoms. The van der Waals surface area contributed by atoms with Crippen molar-refractivity contribution in [2.24, 2.45) is 5.10 Å². The number of H-pyrrole nitrogens is 1. The molecule has 3 rings (SSSR count). The second-order valence-corrected chi connectivity index (χ2v) is 6.42. The number of amides is 1. The van der Waals surface area contributed by atoms with Gasteiger partial charge in [0, 0.05) is 17.7 Å². The van der Waals surface area contributed by atoms with Crippen molar-refractivity contribution in [2.45, 2.75) is 25.5 Å². The Kier molecular flexibility index (Phi) is 4.52. The number of hydrazone groups is 1. The zero-order valence-corrected chi connectivity index (χ0v) is 14.3. The van der Waals surface area contributed by atoms with Gasteiger partial charge in [-0.3, -0.25) is 9.89 Å². The van der Waals surface area contributed by atoms with Gasteiger partial charge in [-0.25, -0.2) is 8.78 Å². The molecule has 0 spiro atoms. The number of rotatable bonds is 3. The van der Waals surface area contributed by atoms with Crippen molar-refractivity contribution < 1.29 is 18.7 Å². The molecule has 10 heteroatoms. The normalized spacial score (nSPS) is 20.3. The van der Waals surface area contributed by atoms with Crippen LogP contribution in [0.15, 0.2) is 29.4 Å². The summed E-state index contributed by atoms with van der Waals surface area (Å²) in [6, 6.07) is 6.13. The van der Waals surface area contributed by atoms with E-state index in [4.69, 9.17) is 23.2 Å². The first-order valence-corrected chi connectivity index (χ1v) is 7.88. The Bertz CT molecular complexity index is 871. The number of hydrogen-bond acceptors (Lipinski definition) is 4. The lowest BCUT2D eigenvalue weighted by Gasteiger charge is -2.29. The van der Waals surface area contributed by atoms with Crippen molar-refractivity contribution in [1.82, 2.24) is 15.2 Å². The predicted molar refractivity (Wildman–Crippen MR) is 88.9 cm³/mol. The number of hydrogen-bond donors (Lipinski definition) is 2. The van der Waals surface area contributed by atoms with Crippen molar-refractivity contribution in [3.05, 3.63) is 40.0 Å². The maximum Gasteiger partial charge on any atom is 0.294 e. The van der Waals surface area contributed by atoms with E-state index >= 15 is 0 Å². The van der Waals surface area contributed by atoms with E-state index in [9.17, 15) is 18.7 Å². The average molecular weight is 389 g/mol. The number of halogens is 4. The average Bonchev–Trinajstić information content (AvgIpc) is 3.15. The van der Waals surface area contributed by atoms with Gasteiger partial charge in [-0.15, -0.1) is 0 Å². The number of nitrogens with one attached hydrogen (secondary N) is 1. The highest BCUT2D eigenvalue weighted by molar-refractivity contribution is 6.42. The van der Waals surface area contributed by atoms with Gasteiger partial charge in [0.15, 0.2) is 0 Å². The molecule has 1 unspecified atom stereocenters. The molecule has 2 N–H and O–H groups in total. The van der Waals surface area contributed by atoms with Crippen LogP contribution in [0, 0.1) is 0 Å². The number of carbonyl (C=O) groups excluding carboxylic acids is 1. The van der Waals surface area contributed by atoms with E-state index in [-0.39, 0.29) is 11.4 Å². The Morgan fingerprint density at radius 1 is 1.36 bits per heavy atom. The standard InChI is InChI=1S/C15H12Cl2F2N4O2/c1-7-6-15(25,14(18)19)23(22-7)13(24)12-5-11(20-21-12)8-2-3-9(16)10(17)4-8/h2-5,14,25H,6H2,1H3,(H,20,21). The number of carbonyl (C=O) groups is 1. The van der Waals surface area contributed by atoms with E-state index < -0.39 is 24.5 Å². The molecule has 1 aliphatic rings. The molecule has 0 saturated carbocycles. The zero-order chi connectivity index (χ0) is 18.4. The quantitative estimate of drug-likeness (QED) is 0.843. The minimum absolute atomic E-state index is 0.0985. The van der Waals surface area contributed by atoms with Gasteiger partial charge in [-0.05, 0) is 25.1 Å². The number of aromatic nitrogens is 2. The van der Waals surface area contributed by atoms with E-state index in [1.54, 1.807) is 18.2 Å². The number of aromatic amines is 1. The van der Waals surface area contributed by atoms with Crippen LogP contribution in [-0.4, -0.2) is 44.1 Å². The van der Waals surface area contributed by atoms with Gasteiger partial charge in [-0.1, -0.05) is 29.3 Å². The highest BCUT2D eigenvalue weighted by Crippen LogP contribution is 2.33. The van der Waals surface area contributed by atoms with Crippen LogP contribution in [0.4, 0.5) is 8.78 Å². The Balaban J connectivity index is 1.91. The maximum atomic E-state index is 13.2. The molecule has 1 aromatic carbocycles. The van der Waals surface area contributed by atoms with Crippen LogP contribution in [-0.2, 0) is 0 Å². The molecule has 2 heterocycles. The molecular formula is C15H12Cl2F2N4O2. The first-order chi connectivity index (χ1) is 11.7. The lowest BCUT2D eigenvalue weighted by atomic mass is 10.1. The Morgan fingerprint density at radius 2 is 2.08 bits per heavy atom. The first-order valence-electron chi connectivity index (χ1n) is 7.12.